The first-order chi connectivity index (χ1) is 8.58. The van der Waals surface area contributed by atoms with Gasteiger partial charge in [0.15, 0.2) is 0 Å². The van der Waals surface area contributed by atoms with Crippen LogP contribution in [-0.2, 0) is 4.74 Å². The summed E-state index contributed by atoms with van der Waals surface area (Å²) >= 11 is 3.18. The molecule has 0 spiro atoms. The Morgan fingerprint density at radius 2 is 2.33 bits per heavy atom. The van der Waals surface area contributed by atoms with Gasteiger partial charge in [-0.15, -0.1) is 0 Å². The average molecular weight is 320 g/mol. The summed E-state index contributed by atoms with van der Waals surface area (Å²) in [6.45, 7) is 0.192. The molecule has 1 unspecified atom stereocenters. The fourth-order valence-corrected chi connectivity index (χ4v) is 1.85. The highest BCUT2D eigenvalue weighted by atomic mass is 79.9. The van der Waals surface area contributed by atoms with E-state index in [4.69, 9.17) is 9.84 Å². The maximum atomic E-state index is 13.5. The van der Waals surface area contributed by atoms with E-state index < -0.39 is 11.7 Å². The molecule has 0 aromatic heterocycles. The number of aliphatic hydroxyl groups excluding tert-OH is 1. The summed E-state index contributed by atoms with van der Waals surface area (Å²) in [7, 11) is 1.50. The lowest BCUT2D eigenvalue weighted by Gasteiger charge is -2.17. The highest BCUT2D eigenvalue weighted by molar-refractivity contribution is 9.10. The van der Waals surface area contributed by atoms with Crippen molar-refractivity contribution in [3.63, 3.8) is 0 Å². The van der Waals surface area contributed by atoms with E-state index in [2.05, 4.69) is 21.2 Å². The standard InChI is InChI=1S/C12H15BrFNO3/c1-18-7-9(4-5-16)15-12(17)10-6-8(13)2-3-11(10)14/h2-3,6,9,16H,4-5,7H2,1H3,(H,15,17). The fraction of sp³-hybridized carbons (Fsp3) is 0.417. The van der Waals surface area contributed by atoms with Crippen LogP contribution in [0.5, 0.6) is 0 Å². The molecule has 6 heteroatoms. The lowest BCUT2D eigenvalue weighted by Crippen LogP contribution is -2.39. The molecule has 1 aromatic carbocycles. The summed E-state index contributed by atoms with van der Waals surface area (Å²) in [6.07, 6.45) is 0.356. The van der Waals surface area contributed by atoms with Crippen molar-refractivity contribution >= 4 is 21.8 Å². The van der Waals surface area contributed by atoms with E-state index in [0.717, 1.165) is 0 Å². The zero-order valence-corrected chi connectivity index (χ0v) is 11.5. The third-order valence-electron chi connectivity index (χ3n) is 2.35. The normalized spacial score (nSPS) is 12.2. The van der Waals surface area contributed by atoms with Gasteiger partial charge in [-0.3, -0.25) is 4.79 Å². The first kappa shape index (κ1) is 15.1. The number of halogens is 2. The van der Waals surface area contributed by atoms with Crippen LogP contribution in [0.15, 0.2) is 22.7 Å². The van der Waals surface area contributed by atoms with Gasteiger partial charge in [-0.1, -0.05) is 15.9 Å². The van der Waals surface area contributed by atoms with Crippen molar-refractivity contribution in [2.75, 3.05) is 20.3 Å². The number of carbonyl (C=O) groups is 1. The van der Waals surface area contributed by atoms with Gasteiger partial charge in [0.1, 0.15) is 5.82 Å². The maximum Gasteiger partial charge on any atom is 0.254 e. The number of aliphatic hydroxyl groups is 1. The van der Waals surface area contributed by atoms with Crippen LogP contribution in [-0.4, -0.2) is 37.4 Å². The average Bonchev–Trinajstić information content (AvgIpc) is 2.33. The molecule has 1 atom stereocenters. The number of carbonyl (C=O) groups excluding carboxylic acids is 1. The van der Waals surface area contributed by atoms with Crippen molar-refractivity contribution in [2.45, 2.75) is 12.5 Å². The second kappa shape index (κ2) is 7.45. The number of methoxy groups -OCH3 is 1. The number of nitrogens with one attached hydrogen (secondary N) is 1. The molecule has 0 saturated heterocycles. The Morgan fingerprint density at radius 3 is 2.94 bits per heavy atom. The molecule has 4 nitrogen and oxygen atoms in total. The summed E-state index contributed by atoms with van der Waals surface area (Å²) < 4.78 is 19.0. The van der Waals surface area contributed by atoms with E-state index >= 15 is 0 Å². The van der Waals surface area contributed by atoms with Gasteiger partial charge in [-0.05, 0) is 24.6 Å². The number of amides is 1. The molecule has 1 amide bonds. The van der Waals surface area contributed by atoms with Crippen molar-refractivity contribution in [1.82, 2.24) is 5.32 Å². The van der Waals surface area contributed by atoms with Gasteiger partial charge < -0.3 is 15.2 Å². The Kier molecular flexibility index (Phi) is 6.24. The van der Waals surface area contributed by atoms with Crippen molar-refractivity contribution in [1.29, 1.82) is 0 Å². The third kappa shape index (κ3) is 4.36. The van der Waals surface area contributed by atoms with Gasteiger partial charge in [-0.25, -0.2) is 4.39 Å². The first-order valence-corrected chi connectivity index (χ1v) is 6.23. The van der Waals surface area contributed by atoms with E-state index in [1.54, 1.807) is 0 Å². The van der Waals surface area contributed by atoms with Crippen LogP contribution >= 0.6 is 15.9 Å². The summed E-state index contributed by atoms with van der Waals surface area (Å²) in [5.41, 5.74) is -0.0385. The zero-order chi connectivity index (χ0) is 13.5. The summed E-state index contributed by atoms with van der Waals surface area (Å²) in [6, 6.07) is 3.81. The van der Waals surface area contributed by atoms with Gasteiger partial charge in [0.25, 0.3) is 5.91 Å². The Balaban J connectivity index is 2.76. The molecule has 0 aliphatic heterocycles. The minimum Gasteiger partial charge on any atom is -0.396 e. The van der Waals surface area contributed by atoms with E-state index in [0.29, 0.717) is 10.9 Å². The third-order valence-corrected chi connectivity index (χ3v) is 2.85. The number of hydrogen-bond donors (Lipinski definition) is 2. The summed E-state index contributed by atoms with van der Waals surface area (Å²) in [5, 5.41) is 11.5. The molecule has 0 aliphatic carbocycles. The van der Waals surface area contributed by atoms with Crippen molar-refractivity contribution < 1.29 is 19.0 Å². The van der Waals surface area contributed by atoms with Crippen LogP contribution in [0.25, 0.3) is 0 Å². The molecule has 1 rings (SSSR count). The summed E-state index contributed by atoms with van der Waals surface area (Å²) in [4.78, 5) is 11.9. The van der Waals surface area contributed by atoms with E-state index in [-0.39, 0.29) is 24.8 Å². The second-order valence-corrected chi connectivity index (χ2v) is 4.68. The molecule has 0 heterocycles. The van der Waals surface area contributed by atoms with E-state index in [1.165, 1.54) is 25.3 Å². The molecular weight excluding hydrogens is 305 g/mol. The zero-order valence-electron chi connectivity index (χ0n) is 9.95. The lowest BCUT2D eigenvalue weighted by molar-refractivity contribution is 0.0874. The van der Waals surface area contributed by atoms with Crippen LogP contribution in [0.1, 0.15) is 16.8 Å². The molecular formula is C12H15BrFNO3. The molecule has 18 heavy (non-hydrogen) atoms. The molecule has 0 fully saturated rings. The SMILES string of the molecule is COCC(CCO)NC(=O)c1cc(Br)ccc1F. The van der Waals surface area contributed by atoms with E-state index in [1.807, 2.05) is 0 Å². The lowest BCUT2D eigenvalue weighted by atomic mass is 10.1. The quantitative estimate of drug-likeness (QED) is 0.839. The first-order valence-electron chi connectivity index (χ1n) is 5.44. The molecule has 0 aliphatic rings. The Hall–Kier alpha value is -0.980. The molecule has 0 saturated carbocycles. The van der Waals surface area contributed by atoms with Crippen molar-refractivity contribution in [2.24, 2.45) is 0 Å². The second-order valence-electron chi connectivity index (χ2n) is 3.76. The highest BCUT2D eigenvalue weighted by Gasteiger charge is 2.16. The number of hydrogen-bond acceptors (Lipinski definition) is 3. The van der Waals surface area contributed by atoms with Crippen LogP contribution < -0.4 is 5.32 Å². The molecule has 0 bridgehead atoms. The van der Waals surface area contributed by atoms with Gasteiger partial charge in [-0.2, -0.15) is 0 Å². The van der Waals surface area contributed by atoms with Gasteiger partial charge in [0.2, 0.25) is 0 Å². The van der Waals surface area contributed by atoms with Crippen LogP contribution in [0, 0.1) is 5.82 Å². The maximum absolute atomic E-state index is 13.5. The van der Waals surface area contributed by atoms with Crippen LogP contribution in [0.3, 0.4) is 0 Å². The van der Waals surface area contributed by atoms with Crippen LogP contribution in [0.2, 0.25) is 0 Å². The minimum atomic E-state index is -0.587. The summed E-state index contributed by atoms with van der Waals surface area (Å²) in [5.74, 6) is -1.11. The largest absolute Gasteiger partial charge is 0.396 e. The number of benzene rings is 1. The monoisotopic (exact) mass is 319 g/mol. The van der Waals surface area contributed by atoms with Crippen molar-refractivity contribution in [3.8, 4) is 0 Å². The fourth-order valence-electron chi connectivity index (χ4n) is 1.49. The number of ether oxygens (including phenoxy) is 1. The Labute approximate surface area is 113 Å². The highest BCUT2D eigenvalue weighted by Crippen LogP contribution is 2.15. The smallest absolute Gasteiger partial charge is 0.254 e. The molecule has 1 aromatic rings. The number of rotatable bonds is 6. The van der Waals surface area contributed by atoms with Gasteiger partial charge >= 0.3 is 0 Å². The predicted molar refractivity (Wildman–Crippen MR) is 68.9 cm³/mol. The Morgan fingerprint density at radius 1 is 1.61 bits per heavy atom. The van der Waals surface area contributed by atoms with Gasteiger partial charge in [0.05, 0.1) is 18.2 Å². The topological polar surface area (TPSA) is 58.6 Å². The van der Waals surface area contributed by atoms with Gasteiger partial charge in [0, 0.05) is 18.2 Å². The Bertz CT molecular complexity index is 408. The minimum absolute atomic E-state index is 0.0385. The molecule has 2 N–H and O–H groups in total. The molecule has 100 valence electrons. The van der Waals surface area contributed by atoms with E-state index in [9.17, 15) is 9.18 Å². The van der Waals surface area contributed by atoms with Crippen molar-refractivity contribution in [3.05, 3.63) is 34.1 Å². The predicted octanol–water partition coefficient (Wildman–Crippen LogP) is 1.72. The van der Waals surface area contributed by atoms with Crippen LogP contribution in [0.4, 0.5) is 4.39 Å². The molecule has 0 radical (unpaired) electrons.